The Labute approximate surface area is 168 Å². The van der Waals surface area contributed by atoms with Crippen LogP contribution in [0.4, 0.5) is 22.0 Å². The van der Waals surface area contributed by atoms with Crippen LogP contribution < -0.4 is 0 Å². The first-order chi connectivity index (χ1) is 13.8. The van der Waals surface area contributed by atoms with E-state index in [0.717, 1.165) is 63.9 Å². The molecule has 0 unspecified atom stereocenters. The van der Waals surface area contributed by atoms with E-state index in [-0.39, 0.29) is 12.2 Å². The molecule has 1 aromatic carbocycles. The number of alkyl halides is 3. The lowest BCUT2D eigenvalue weighted by Gasteiger charge is -2.37. The fraction of sp³-hybridized carbons (Fsp3) is 0.636. The van der Waals surface area contributed by atoms with Gasteiger partial charge < -0.3 is 9.47 Å². The van der Waals surface area contributed by atoms with E-state index >= 15 is 0 Å². The van der Waals surface area contributed by atoms with Gasteiger partial charge in [0.1, 0.15) is 11.6 Å². The highest BCUT2D eigenvalue weighted by Gasteiger charge is 2.33. The summed E-state index contributed by atoms with van der Waals surface area (Å²) in [6.07, 6.45) is 0.0401. The highest BCUT2D eigenvalue weighted by Crippen LogP contribution is 2.40. The van der Waals surface area contributed by atoms with E-state index < -0.39 is 29.5 Å². The lowest BCUT2D eigenvalue weighted by molar-refractivity contribution is -0.229. The Morgan fingerprint density at radius 2 is 1.76 bits per heavy atom. The Balaban J connectivity index is 1.56. The summed E-state index contributed by atoms with van der Waals surface area (Å²) < 4.78 is 76.5. The van der Waals surface area contributed by atoms with E-state index in [1.807, 2.05) is 0 Å². The van der Waals surface area contributed by atoms with Crippen LogP contribution in [-0.2, 0) is 9.47 Å². The third-order valence-corrected chi connectivity index (χ3v) is 5.86. The van der Waals surface area contributed by atoms with Gasteiger partial charge in [0.25, 0.3) is 0 Å². The summed E-state index contributed by atoms with van der Waals surface area (Å²) in [5.41, 5.74) is 0.0309. The maximum atomic E-state index is 14.2. The zero-order valence-corrected chi connectivity index (χ0v) is 16.5. The number of halogens is 5. The van der Waals surface area contributed by atoms with Gasteiger partial charge in [-0.25, -0.2) is 8.78 Å². The van der Waals surface area contributed by atoms with Crippen molar-refractivity contribution in [3.05, 3.63) is 41.2 Å². The van der Waals surface area contributed by atoms with E-state index in [9.17, 15) is 22.0 Å². The first-order valence-electron chi connectivity index (χ1n) is 10.2. The smallest absolute Gasteiger partial charge is 0.352 e. The van der Waals surface area contributed by atoms with Crippen molar-refractivity contribution in [2.75, 3.05) is 13.2 Å². The maximum Gasteiger partial charge on any atom is 0.412 e. The monoisotopic (exact) mass is 418 g/mol. The second-order valence-corrected chi connectivity index (χ2v) is 8.07. The predicted octanol–water partition coefficient (Wildman–Crippen LogP) is 6.76. The van der Waals surface area contributed by atoms with Crippen LogP contribution in [0.15, 0.2) is 24.3 Å². The van der Waals surface area contributed by atoms with Crippen LogP contribution in [-0.4, -0.2) is 25.7 Å². The molecule has 1 saturated heterocycles. The molecule has 29 heavy (non-hydrogen) atoms. The fourth-order valence-electron chi connectivity index (χ4n) is 4.33. The molecule has 0 radical (unpaired) electrons. The van der Waals surface area contributed by atoms with Crippen molar-refractivity contribution in [3.8, 4) is 0 Å². The third kappa shape index (κ3) is 6.01. The van der Waals surface area contributed by atoms with Crippen molar-refractivity contribution in [3.63, 3.8) is 0 Å². The van der Waals surface area contributed by atoms with Crippen LogP contribution in [0.5, 0.6) is 0 Å². The van der Waals surface area contributed by atoms with Crippen LogP contribution in [0.25, 0.3) is 5.83 Å². The average Bonchev–Trinajstić information content (AvgIpc) is 2.67. The summed E-state index contributed by atoms with van der Waals surface area (Å²) in [5.74, 6) is -1.73. The van der Waals surface area contributed by atoms with Gasteiger partial charge in [-0.05, 0) is 55.7 Å². The minimum absolute atomic E-state index is 0.0980. The molecule has 3 rings (SSSR count). The summed E-state index contributed by atoms with van der Waals surface area (Å²) in [5, 5.41) is 0. The van der Waals surface area contributed by atoms with E-state index in [0.29, 0.717) is 17.4 Å². The summed E-state index contributed by atoms with van der Waals surface area (Å²) in [6.45, 7) is 3.59. The molecule has 0 bridgehead atoms. The second-order valence-electron chi connectivity index (χ2n) is 8.07. The van der Waals surface area contributed by atoms with Crippen molar-refractivity contribution in [1.82, 2.24) is 0 Å². The quantitative estimate of drug-likeness (QED) is 0.492. The first kappa shape index (κ1) is 22.2. The predicted molar refractivity (Wildman–Crippen MR) is 100 cm³/mol. The molecule has 2 fully saturated rings. The van der Waals surface area contributed by atoms with Crippen molar-refractivity contribution < 1.29 is 31.4 Å². The highest BCUT2D eigenvalue weighted by molar-refractivity contribution is 5.60. The minimum atomic E-state index is -4.83. The normalized spacial score (nSPS) is 29.1. The first-order valence-corrected chi connectivity index (χ1v) is 10.2. The van der Waals surface area contributed by atoms with E-state index in [2.05, 4.69) is 6.92 Å². The Morgan fingerprint density at radius 3 is 2.31 bits per heavy atom. The van der Waals surface area contributed by atoms with Crippen LogP contribution in [0, 0.1) is 17.7 Å². The topological polar surface area (TPSA) is 18.5 Å². The molecular weight excluding hydrogens is 391 g/mol. The number of rotatable bonds is 5. The van der Waals surface area contributed by atoms with Crippen LogP contribution in [0.1, 0.15) is 62.5 Å². The van der Waals surface area contributed by atoms with Crippen molar-refractivity contribution in [1.29, 1.82) is 0 Å². The highest BCUT2D eigenvalue weighted by atomic mass is 19.4. The average molecular weight is 418 g/mol. The molecule has 162 valence electrons. The molecule has 1 aliphatic heterocycles. The lowest BCUT2D eigenvalue weighted by Crippen LogP contribution is -2.38. The van der Waals surface area contributed by atoms with Crippen molar-refractivity contribution in [2.45, 2.75) is 63.8 Å². The molecule has 1 saturated carbocycles. The van der Waals surface area contributed by atoms with Gasteiger partial charge in [-0.2, -0.15) is 13.2 Å². The zero-order valence-electron chi connectivity index (χ0n) is 16.5. The van der Waals surface area contributed by atoms with Gasteiger partial charge in [0.05, 0.1) is 19.3 Å². The summed E-state index contributed by atoms with van der Waals surface area (Å²) in [6, 6.07) is 3.78. The summed E-state index contributed by atoms with van der Waals surface area (Å²) in [7, 11) is 0. The Bertz CT molecular complexity index is 700. The minimum Gasteiger partial charge on any atom is -0.352 e. The number of benzene rings is 1. The van der Waals surface area contributed by atoms with Gasteiger partial charge in [0.2, 0.25) is 0 Å². The fourth-order valence-corrected chi connectivity index (χ4v) is 4.33. The van der Waals surface area contributed by atoms with E-state index in [1.54, 1.807) is 0 Å². The van der Waals surface area contributed by atoms with Crippen LogP contribution >= 0.6 is 0 Å². The van der Waals surface area contributed by atoms with Crippen molar-refractivity contribution >= 4 is 5.83 Å². The number of allylic oxidation sites excluding steroid dienone is 1. The van der Waals surface area contributed by atoms with Gasteiger partial charge in [-0.3, -0.25) is 0 Å². The van der Waals surface area contributed by atoms with Crippen LogP contribution in [0.3, 0.4) is 0 Å². The maximum absolute atomic E-state index is 14.2. The Hall–Kier alpha value is -1.47. The molecule has 1 aliphatic carbocycles. The number of hydrogen-bond acceptors (Lipinski definition) is 2. The molecule has 7 heteroatoms. The number of hydrogen-bond donors (Lipinski definition) is 0. The summed E-state index contributed by atoms with van der Waals surface area (Å²) in [4.78, 5) is 0. The van der Waals surface area contributed by atoms with E-state index in [1.165, 1.54) is 6.07 Å². The SMILES string of the molecule is CCCC1COC(C2CCC(c3ccc(C(F)=CC(F)(F)F)c(F)c3)CC2)OC1. The molecule has 2 aliphatic rings. The Kier molecular flexibility index (Phi) is 7.32. The van der Waals surface area contributed by atoms with E-state index in [4.69, 9.17) is 9.47 Å². The summed E-state index contributed by atoms with van der Waals surface area (Å²) >= 11 is 0. The molecule has 1 aromatic rings. The van der Waals surface area contributed by atoms with Gasteiger partial charge in [-0.15, -0.1) is 0 Å². The molecule has 0 N–H and O–H groups in total. The molecular formula is C22H27F5O2. The largest absolute Gasteiger partial charge is 0.412 e. The molecule has 0 amide bonds. The van der Waals surface area contributed by atoms with Crippen LogP contribution in [0.2, 0.25) is 0 Å². The standard InChI is InChI=1S/C22H27F5O2/c1-2-3-14-12-28-21(29-13-14)16-6-4-15(5-7-16)17-8-9-18(19(23)10-17)20(24)11-22(25,26)27/h8-11,14-16,21H,2-7,12-13H2,1H3. The van der Waals surface area contributed by atoms with Crippen molar-refractivity contribution in [2.24, 2.45) is 11.8 Å². The molecule has 0 atom stereocenters. The van der Waals surface area contributed by atoms with Gasteiger partial charge >= 0.3 is 6.18 Å². The molecule has 0 spiro atoms. The number of ether oxygens (including phenoxy) is 2. The lowest BCUT2D eigenvalue weighted by atomic mass is 9.78. The molecule has 0 aromatic heterocycles. The van der Waals surface area contributed by atoms with Gasteiger partial charge in [-0.1, -0.05) is 19.4 Å². The molecule has 2 nitrogen and oxygen atoms in total. The zero-order chi connectivity index (χ0) is 21.0. The Morgan fingerprint density at radius 1 is 1.10 bits per heavy atom. The molecule has 1 heterocycles. The van der Waals surface area contributed by atoms with Gasteiger partial charge in [0, 0.05) is 17.4 Å². The van der Waals surface area contributed by atoms with Gasteiger partial charge in [0.15, 0.2) is 6.29 Å². The second kappa shape index (κ2) is 9.56. The third-order valence-electron chi connectivity index (χ3n) is 5.86.